The fourth-order valence-electron chi connectivity index (χ4n) is 1.23. The van der Waals surface area contributed by atoms with Gasteiger partial charge in [-0.2, -0.15) is 10.1 Å². The Morgan fingerprint density at radius 3 is 2.18 bits per heavy atom. The first-order chi connectivity index (χ1) is 5.13. The second-order valence-electron chi connectivity index (χ2n) is 3.43. The van der Waals surface area contributed by atoms with Gasteiger partial charge in [0, 0.05) is 12.3 Å². The molecule has 0 spiro atoms. The lowest BCUT2D eigenvalue weighted by atomic mass is 10.3. The summed E-state index contributed by atoms with van der Waals surface area (Å²) in [5.74, 6) is 0. The maximum atomic E-state index is 4.27. The number of rotatable bonds is 2. The highest BCUT2D eigenvalue weighted by Crippen LogP contribution is 2.12. The Morgan fingerprint density at radius 1 is 1.18 bits per heavy atom. The molecule has 0 atom stereocenters. The summed E-state index contributed by atoms with van der Waals surface area (Å²) in [5, 5.41) is 8.57. The van der Waals surface area contributed by atoms with E-state index in [-0.39, 0.29) is 0 Å². The van der Waals surface area contributed by atoms with Gasteiger partial charge in [0.15, 0.2) is 0 Å². The van der Waals surface area contributed by atoms with Gasteiger partial charge in [-0.05, 0) is 27.7 Å². The molecule has 0 radical (unpaired) electrons. The second kappa shape index (κ2) is 3.22. The highest BCUT2D eigenvalue weighted by molar-refractivity contribution is 5.60. The van der Waals surface area contributed by atoms with Crippen molar-refractivity contribution in [2.24, 2.45) is 5.10 Å². The molecule has 0 aromatic rings. The third-order valence-corrected chi connectivity index (χ3v) is 1.79. The van der Waals surface area contributed by atoms with Gasteiger partial charge in [0.05, 0.1) is 12.6 Å². The first kappa shape index (κ1) is 8.53. The average Bonchev–Trinajstić information content (AvgIpc) is 2.32. The maximum Gasteiger partial charge on any atom is 0.0589 e. The van der Waals surface area contributed by atoms with Gasteiger partial charge < -0.3 is 0 Å². The predicted octanol–water partition coefficient (Wildman–Crippen LogP) is 1.32. The lowest BCUT2D eigenvalue weighted by Gasteiger charge is -2.32. The average molecular weight is 155 g/mol. The predicted molar refractivity (Wildman–Crippen MR) is 47.3 cm³/mol. The van der Waals surface area contributed by atoms with Crippen molar-refractivity contribution in [1.82, 2.24) is 10.1 Å². The third-order valence-electron chi connectivity index (χ3n) is 1.79. The molecule has 0 aromatic carbocycles. The second-order valence-corrected chi connectivity index (χ2v) is 3.43. The van der Waals surface area contributed by atoms with Gasteiger partial charge in [0.2, 0.25) is 0 Å². The van der Waals surface area contributed by atoms with Crippen LogP contribution < -0.4 is 0 Å². The zero-order valence-electron chi connectivity index (χ0n) is 7.78. The van der Waals surface area contributed by atoms with Gasteiger partial charge >= 0.3 is 0 Å². The van der Waals surface area contributed by atoms with E-state index in [0.29, 0.717) is 12.1 Å². The monoisotopic (exact) mass is 155 g/mol. The summed E-state index contributed by atoms with van der Waals surface area (Å²) in [6.07, 6.45) is 1.96. The minimum Gasteiger partial charge on any atom is -0.224 e. The Bertz CT molecular complexity index is 151. The van der Waals surface area contributed by atoms with E-state index in [4.69, 9.17) is 0 Å². The number of hydrogen-bond acceptors (Lipinski definition) is 3. The van der Waals surface area contributed by atoms with Crippen molar-refractivity contribution in [3.8, 4) is 0 Å². The molecular formula is C8H17N3. The van der Waals surface area contributed by atoms with E-state index in [1.54, 1.807) is 0 Å². The van der Waals surface area contributed by atoms with Crippen molar-refractivity contribution in [3.63, 3.8) is 0 Å². The zero-order valence-corrected chi connectivity index (χ0v) is 7.78. The van der Waals surface area contributed by atoms with E-state index >= 15 is 0 Å². The molecule has 1 aliphatic heterocycles. The fourth-order valence-corrected chi connectivity index (χ4v) is 1.23. The van der Waals surface area contributed by atoms with Crippen molar-refractivity contribution in [1.29, 1.82) is 0 Å². The van der Waals surface area contributed by atoms with Crippen molar-refractivity contribution >= 4 is 6.21 Å². The first-order valence-electron chi connectivity index (χ1n) is 4.21. The molecule has 0 fully saturated rings. The number of hydrazone groups is 1. The van der Waals surface area contributed by atoms with E-state index in [2.05, 4.69) is 37.8 Å². The largest absolute Gasteiger partial charge is 0.224 e. The van der Waals surface area contributed by atoms with Crippen LogP contribution in [0.4, 0.5) is 0 Å². The molecule has 0 amide bonds. The lowest BCUT2D eigenvalue weighted by Crippen LogP contribution is -2.43. The topological polar surface area (TPSA) is 18.8 Å². The SMILES string of the molecule is CC(C)N1CC=NN1C(C)C. The number of hydrogen-bond donors (Lipinski definition) is 0. The molecule has 3 heteroatoms. The summed E-state index contributed by atoms with van der Waals surface area (Å²) in [4.78, 5) is 0. The third kappa shape index (κ3) is 1.71. The van der Waals surface area contributed by atoms with E-state index in [0.717, 1.165) is 6.54 Å². The van der Waals surface area contributed by atoms with Crippen LogP contribution in [0.3, 0.4) is 0 Å². The Kier molecular flexibility index (Phi) is 2.49. The smallest absolute Gasteiger partial charge is 0.0589 e. The van der Waals surface area contributed by atoms with Crippen LogP contribution in [0.1, 0.15) is 27.7 Å². The van der Waals surface area contributed by atoms with E-state index in [1.165, 1.54) is 0 Å². The molecule has 0 bridgehead atoms. The number of nitrogens with zero attached hydrogens (tertiary/aromatic N) is 3. The molecular weight excluding hydrogens is 138 g/mol. The molecule has 0 N–H and O–H groups in total. The van der Waals surface area contributed by atoms with Gasteiger partial charge in [-0.25, -0.2) is 5.12 Å². The van der Waals surface area contributed by atoms with Crippen LogP contribution in [0.25, 0.3) is 0 Å². The molecule has 11 heavy (non-hydrogen) atoms. The Balaban J connectivity index is 2.56. The van der Waals surface area contributed by atoms with Gasteiger partial charge in [0.1, 0.15) is 0 Å². The van der Waals surface area contributed by atoms with Crippen molar-refractivity contribution < 1.29 is 0 Å². The van der Waals surface area contributed by atoms with Crippen LogP contribution in [-0.4, -0.2) is 35.0 Å². The van der Waals surface area contributed by atoms with Gasteiger partial charge in [0.25, 0.3) is 0 Å². The standard InChI is InChI=1S/C8H17N3/c1-7(2)10-6-5-9-11(10)8(3)4/h5,7-8H,6H2,1-4H3. The molecule has 1 rings (SSSR count). The lowest BCUT2D eigenvalue weighted by molar-refractivity contribution is -0.0438. The molecule has 64 valence electrons. The van der Waals surface area contributed by atoms with Gasteiger partial charge in [-0.3, -0.25) is 0 Å². The maximum absolute atomic E-state index is 4.27. The van der Waals surface area contributed by atoms with Crippen LogP contribution in [0.2, 0.25) is 0 Å². The molecule has 3 nitrogen and oxygen atoms in total. The summed E-state index contributed by atoms with van der Waals surface area (Å²) >= 11 is 0. The minimum atomic E-state index is 0.469. The molecule has 0 saturated carbocycles. The fraction of sp³-hybridized carbons (Fsp3) is 0.875. The summed E-state index contributed by atoms with van der Waals surface area (Å²) in [5.41, 5.74) is 0. The molecule has 0 aliphatic carbocycles. The summed E-state index contributed by atoms with van der Waals surface area (Å²) in [6.45, 7) is 9.63. The van der Waals surface area contributed by atoms with Gasteiger partial charge in [-0.15, -0.1) is 0 Å². The van der Waals surface area contributed by atoms with Crippen LogP contribution in [0, 0.1) is 0 Å². The molecule has 1 aliphatic rings. The Morgan fingerprint density at radius 2 is 1.82 bits per heavy atom. The van der Waals surface area contributed by atoms with Crippen LogP contribution in [0.15, 0.2) is 5.10 Å². The van der Waals surface area contributed by atoms with Crippen molar-refractivity contribution in [2.75, 3.05) is 6.54 Å². The van der Waals surface area contributed by atoms with Crippen molar-refractivity contribution in [3.05, 3.63) is 0 Å². The summed E-state index contributed by atoms with van der Waals surface area (Å²) < 4.78 is 0. The van der Waals surface area contributed by atoms with Crippen LogP contribution in [0.5, 0.6) is 0 Å². The molecule has 1 heterocycles. The molecule has 0 aromatic heterocycles. The van der Waals surface area contributed by atoms with Crippen LogP contribution >= 0.6 is 0 Å². The summed E-state index contributed by atoms with van der Waals surface area (Å²) in [7, 11) is 0. The highest BCUT2D eigenvalue weighted by atomic mass is 15.8. The highest BCUT2D eigenvalue weighted by Gasteiger charge is 2.22. The molecule has 0 unspecified atom stereocenters. The van der Waals surface area contributed by atoms with Crippen LogP contribution in [-0.2, 0) is 0 Å². The zero-order chi connectivity index (χ0) is 8.43. The molecule has 0 saturated heterocycles. The number of hydrazine groups is 1. The first-order valence-corrected chi connectivity index (χ1v) is 4.21. The van der Waals surface area contributed by atoms with E-state index in [9.17, 15) is 0 Å². The summed E-state index contributed by atoms with van der Waals surface area (Å²) in [6, 6.07) is 1.01. The van der Waals surface area contributed by atoms with Crippen molar-refractivity contribution in [2.45, 2.75) is 39.8 Å². The quantitative estimate of drug-likeness (QED) is 0.599. The van der Waals surface area contributed by atoms with Gasteiger partial charge in [-0.1, -0.05) is 0 Å². The minimum absolute atomic E-state index is 0.469. The normalized spacial score (nSPS) is 19.3. The Hall–Kier alpha value is -0.570. The van der Waals surface area contributed by atoms with E-state index < -0.39 is 0 Å². The van der Waals surface area contributed by atoms with E-state index in [1.807, 2.05) is 11.3 Å². The Labute approximate surface area is 68.6 Å².